The SMILES string of the molecule is NC[C@@H](N)C(=O)[O-].NC[C@H](N)C(=O)[O-].O.O.O.O.[Cu+2]. The number of hydrogen-bond donors (Lipinski definition) is 4. The van der Waals surface area contributed by atoms with Crippen molar-refractivity contribution in [2.24, 2.45) is 22.9 Å². The molecule has 19 heavy (non-hydrogen) atoms. The predicted octanol–water partition coefficient (Wildman–Crippen LogP) is -9.26. The fourth-order valence-corrected chi connectivity index (χ4v) is 0.192. The predicted molar refractivity (Wildman–Crippen MR) is 58.5 cm³/mol. The number of aliphatic carboxylic acids is 2. The van der Waals surface area contributed by atoms with Gasteiger partial charge in [0, 0.05) is 13.1 Å². The van der Waals surface area contributed by atoms with Crippen LogP contribution in [-0.2, 0) is 26.7 Å². The number of carbonyl (C=O) groups is 2. The van der Waals surface area contributed by atoms with Gasteiger partial charge in [-0.15, -0.1) is 0 Å². The number of nitrogens with two attached hydrogens (primary N) is 4. The summed E-state index contributed by atoms with van der Waals surface area (Å²) in [6.07, 6.45) is 0. The number of hydrogen-bond acceptors (Lipinski definition) is 8. The summed E-state index contributed by atoms with van der Waals surface area (Å²) in [7, 11) is 0. The summed E-state index contributed by atoms with van der Waals surface area (Å²) in [6, 6.07) is -2.03. The van der Waals surface area contributed by atoms with E-state index in [1.54, 1.807) is 0 Å². The first-order valence-electron chi connectivity index (χ1n) is 3.69. The summed E-state index contributed by atoms with van der Waals surface area (Å²) < 4.78 is 0. The fourth-order valence-electron chi connectivity index (χ4n) is 0.192. The van der Waals surface area contributed by atoms with Crippen LogP contribution in [0.5, 0.6) is 0 Å². The van der Waals surface area contributed by atoms with E-state index in [2.05, 4.69) is 0 Å². The van der Waals surface area contributed by atoms with Crippen LogP contribution in [0.15, 0.2) is 0 Å². The van der Waals surface area contributed by atoms with Crippen molar-refractivity contribution >= 4 is 11.9 Å². The van der Waals surface area contributed by atoms with Crippen LogP contribution in [0.3, 0.4) is 0 Å². The first-order chi connectivity index (χ1) is 6.36. The maximum atomic E-state index is 9.61. The third kappa shape index (κ3) is 31.7. The zero-order chi connectivity index (χ0) is 11.7. The number of carbonyl (C=O) groups excluding carboxylic acids is 2. The third-order valence-electron chi connectivity index (χ3n) is 1.11. The molecule has 0 rings (SSSR count). The number of rotatable bonds is 4. The van der Waals surface area contributed by atoms with Crippen LogP contribution < -0.4 is 33.1 Å². The smallest absolute Gasteiger partial charge is 0.548 e. The molecule has 0 unspecified atom stereocenters. The average molecular weight is 342 g/mol. The summed E-state index contributed by atoms with van der Waals surface area (Å²) in [5.74, 6) is -2.61. The molecule has 0 aromatic carbocycles. The first-order valence-corrected chi connectivity index (χ1v) is 3.69. The molecule has 13 heteroatoms. The minimum absolute atomic E-state index is 0. The summed E-state index contributed by atoms with van der Waals surface area (Å²) in [4.78, 5) is 19.2. The molecule has 0 fully saturated rings. The first kappa shape index (κ1) is 42.9. The van der Waals surface area contributed by atoms with E-state index >= 15 is 0 Å². The molecule has 0 aliphatic heterocycles. The molecule has 0 saturated carbocycles. The molecule has 0 saturated heterocycles. The topological polar surface area (TPSA) is 310 Å². The normalized spacial score (nSPS) is 9.89. The van der Waals surface area contributed by atoms with Crippen LogP contribution in [-0.4, -0.2) is 59.0 Å². The fraction of sp³-hybridized carbons (Fsp3) is 0.667. The standard InChI is InChI=1S/2C3H8N2O2.Cu.4H2O/c2*4-1-2(5)3(6)7;;;;;/h2*2H,1,4-5H2,(H,6,7);;4*1H2/q;;+2;;;;/p-2/t2*2-;;;;;/m10...../s1. The summed E-state index contributed by atoms with van der Waals surface area (Å²) in [5.41, 5.74) is 19.3. The molecule has 0 amide bonds. The van der Waals surface area contributed by atoms with Gasteiger partial charge in [-0.2, -0.15) is 0 Å². The van der Waals surface area contributed by atoms with Crippen molar-refractivity contribution < 1.29 is 58.8 Å². The van der Waals surface area contributed by atoms with Crippen molar-refractivity contribution in [2.45, 2.75) is 12.1 Å². The summed E-state index contributed by atoms with van der Waals surface area (Å²) >= 11 is 0. The Morgan fingerprint density at radius 2 is 0.947 bits per heavy atom. The molecule has 0 aliphatic carbocycles. The van der Waals surface area contributed by atoms with Crippen molar-refractivity contribution in [2.75, 3.05) is 13.1 Å². The maximum Gasteiger partial charge on any atom is 2.00 e. The second kappa shape index (κ2) is 25.9. The van der Waals surface area contributed by atoms with E-state index in [1.807, 2.05) is 0 Å². The Bertz CT molecular complexity index is 178. The van der Waals surface area contributed by atoms with Crippen molar-refractivity contribution in [3.8, 4) is 0 Å². The van der Waals surface area contributed by atoms with Crippen molar-refractivity contribution in [1.29, 1.82) is 0 Å². The van der Waals surface area contributed by atoms with Gasteiger partial charge in [-0.1, -0.05) is 0 Å². The van der Waals surface area contributed by atoms with Gasteiger partial charge in [-0.3, -0.25) is 0 Å². The minimum atomic E-state index is -1.30. The van der Waals surface area contributed by atoms with Crippen LogP contribution in [0.4, 0.5) is 0 Å². The Balaban J connectivity index is -0.0000000240. The van der Waals surface area contributed by atoms with Crippen molar-refractivity contribution in [3.05, 3.63) is 0 Å². The molecule has 0 heterocycles. The molecule has 2 atom stereocenters. The maximum absolute atomic E-state index is 9.61. The number of carboxylic acids is 2. The van der Waals surface area contributed by atoms with Gasteiger partial charge in [-0.25, -0.2) is 0 Å². The Kier molecular flexibility index (Phi) is 58.4. The molecule has 125 valence electrons. The molecule has 0 aromatic heterocycles. The summed E-state index contributed by atoms with van der Waals surface area (Å²) in [6.45, 7) is -0.134. The van der Waals surface area contributed by atoms with Crippen LogP contribution in [0.1, 0.15) is 0 Å². The van der Waals surface area contributed by atoms with Gasteiger partial charge >= 0.3 is 17.1 Å². The van der Waals surface area contributed by atoms with E-state index < -0.39 is 24.0 Å². The Labute approximate surface area is 119 Å². The Morgan fingerprint density at radius 3 is 0.947 bits per heavy atom. The van der Waals surface area contributed by atoms with E-state index in [0.29, 0.717) is 0 Å². The summed E-state index contributed by atoms with van der Waals surface area (Å²) in [5, 5.41) is 19.2. The van der Waals surface area contributed by atoms with Crippen LogP contribution in [0, 0.1) is 0 Å². The van der Waals surface area contributed by atoms with Gasteiger partial charge in [0.25, 0.3) is 0 Å². The molecule has 12 nitrogen and oxygen atoms in total. The zero-order valence-corrected chi connectivity index (χ0v) is 10.8. The zero-order valence-electron chi connectivity index (χ0n) is 9.81. The van der Waals surface area contributed by atoms with Gasteiger partial charge in [0.15, 0.2) is 0 Å². The van der Waals surface area contributed by atoms with Gasteiger partial charge in [0.1, 0.15) is 0 Å². The number of carboxylic acid groups (broad SMARTS) is 2. The third-order valence-corrected chi connectivity index (χ3v) is 1.11. The molecular weight excluding hydrogens is 320 g/mol. The molecule has 0 spiro atoms. The second-order valence-electron chi connectivity index (χ2n) is 2.32. The largest absolute Gasteiger partial charge is 2.00 e. The van der Waals surface area contributed by atoms with E-state index in [0.717, 1.165) is 0 Å². The molecule has 1 radical (unpaired) electrons. The van der Waals surface area contributed by atoms with Crippen molar-refractivity contribution in [1.82, 2.24) is 0 Å². The van der Waals surface area contributed by atoms with Gasteiger partial charge in [-0.05, 0) is 0 Å². The van der Waals surface area contributed by atoms with Crippen LogP contribution in [0.25, 0.3) is 0 Å². The van der Waals surface area contributed by atoms with E-state index in [9.17, 15) is 19.8 Å². The van der Waals surface area contributed by atoms with E-state index in [1.165, 1.54) is 0 Å². The minimum Gasteiger partial charge on any atom is -0.548 e. The molecule has 0 bridgehead atoms. The second-order valence-corrected chi connectivity index (χ2v) is 2.32. The van der Waals surface area contributed by atoms with Gasteiger partial charge < -0.3 is 64.6 Å². The monoisotopic (exact) mass is 341 g/mol. The quantitative estimate of drug-likeness (QED) is 0.354. The molecule has 16 N–H and O–H groups in total. The van der Waals surface area contributed by atoms with Crippen LogP contribution in [0.2, 0.25) is 0 Å². The van der Waals surface area contributed by atoms with Crippen molar-refractivity contribution in [3.63, 3.8) is 0 Å². The van der Waals surface area contributed by atoms with Gasteiger partial charge in [0.05, 0.1) is 24.0 Å². The van der Waals surface area contributed by atoms with Crippen LogP contribution >= 0.6 is 0 Å². The Morgan fingerprint density at radius 1 is 0.789 bits per heavy atom. The molecule has 0 aromatic rings. The van der Waals surface area contributed by atoms with E-state index in [-0.39, 0.29) is 52.1 Å². The Hall–Kier alpha value is -0.861. The molecule has 0 aliphatic rings. The average Bonchev–Trinajstić information content (AvgIpc) is 2.15. The molecular formula is C6H22CuN4O8. The van der Waals surface area contributed by atoms with E-state index in [4.69, 9.17) is 22.9 Å². The van der Waals surface area contributed by atoms with Gasteiger partial charge in [0.2, 0.25) is 0 Å².